The molecule has 1 saturated heterocycles. The van der Waals surface area contributed by atoms with Gasteiger partial charge in [0.05, 0.1) is 18.8 Å². The summed E-state index contributed by atoms with van der Waals surface area (Å²) < 4.78 is 5.01. The van der Waals surface area contributed by atoms with Crippen molar-refractivity contribution in [3.8, 4) is 0 Å². The molecule has 2 N–H and O–H groups in total. The van der Waals surface area contributed by atoms with Crippen LogP contribution in [-0.4, -0.2) is 34.6 Å². The molecule has 1 rings (SSSR count). The van der Waals surface area contributed by atoms with Crippen LogP contribution in [0.4, 0.5) is 0 Å². The first-order chi connectivity index (χ1) is 4.74. The Kier molecular flexibility index (Phi) is 2.92. The van der Waals surface area contributed by atoms with Gasteiger partial charge < -0.3 is 14.9 Å². The molecule has 3 unspecified atom stereocenters. The molecule has 1 heterocycles. The van der Waals surface area contributed by atoms with Crippen LogP contribution in [0.15, 0.2) is 0 Å². The molecule has 4 heteroatoms. The minimum Gasteiger partial charge on any atom is -0.394 e. The summed E-state index contributed by atoms with van der Waals surface area (Å²) in [6.45, 7) is -0.0179. The molecule has 0 bridgehead atoms. The summed E-state index contributed by atoms with van der Waals surface area (Å²) in [5.41, 5.74) is -0.647. The molecule has 10 heavy (non-hydrogen) atoms. The van der Waals surface area contributed by atoms with E-state index in [1.807, 2.05) is 0 Å². The van der Waals surface area contributed by atoms with Crippen LogP contribution in [0.2, 0.25) is 0 Å². The van der Waals surface area contributed by atoms with Crippen molar-refractivity contribution < 1.29 is 14.9 Å². The summed E-state index contributed by atoms with van der Waals surface area (Å²) >= 11 is 5.56. The number of rotatable bonds is 1. The molecule has 0 saturated carbocycles. The lowest BCUT2D eigenvalue weighted by atomic mass is 10.1. The molecule has 0 aromatic carbocycles. The van der Waals surface area contributed by atoms with E-state index < -0.39 is 11.7 Å². The molecule has 3 nitrogen and oxygen atoms in total. The number of alkyl halides is 1. The normalized spacial score (nSPS) is 41.7. The van der Waals surface area contributed by atoms with Gasteiger partial charge in [0.15, 0.2) is 5.56 Å². The number of hydrogen-bond donors (Lipinski definition) is 2. The van der Waals surface area contributed by atoms with E-state index in [9.17, 15) is 0 Å². The zero-order valence-electron chi connectivity index (χ0n) is 5.53. The Balaban J connectivity index is 2.33. The monoisotopic (exact) mass is 166 g/mol. The van der Waals surface area contributed by atoms with E-state index in [0.717, 1.165) is 0 Å². The van der Waals surface area contributed by atoms with Crippen molar-refractivity contribution in [1.29, 1.82) is 0 Å². The third-order valence-electron chi connectivity index (χ3n) is 1.61. The van der Waals surface area contributed by atoms with Crippen molar-refractivity contribution in [2.45, 2.75) is 30.6 Å². The zero-order chi connectivity index (χ0) is 7.56. The highest BCUT2D eigenvalue weighted by molar-refractivity contribution is 6.20. The van der Waals surface area contributed by atoms with E-state index in [1.54, 1.807) is 0 Å². The summed E-state index contributed by atoms with van der Waals surface area (Å²) in [5, 5.41) is 17.7. The zero-order valence-corrected chi connectivity index (χ0v) is 6.29. The molecule has 60 valence electrons. The van der Waals surface area contributed by atoms with E-state index in [0.29, 0.717) is 12.8 Å². The van der Waals surface area contributed by atoms with Crippen molar-refractivity contribution in [2.24, 2.45) is 0 Å². The maximum absolute atomic E-state index is 9.05. The second-order valence-corrected chi connectivity index (χ2v) is 2.87. The molecular formula is C6H11ClO3. The summed E-state index contributed by atoms with van der Waals surface area (Å²) in [6.07, 6.45) is 0.524. The van der Waals surface area contributed by atoms with Crippen molar-refractivity contribution in [3.05, 3.63) is 0 Å². The van der Waals surface area contributed by atoms with Gasteiger partial charge in [-0.1, -0.05) is 11.6 Å². The van der Waals surface area contributed by atoms with E-state index in [2.05, 4.69) is 0 Å². The second kappa shape index (κ2) is 3.53. The highest BCUT2D eigenvalue weighted by atomic mass is 35.5. The number of hydrogen-bond acceptors (Lipinski definition) is 3. The lowest BCUT2D eigenvalue weighted by molar-refractivity contribution is -0.0941. The Morgan fingerprint density at radius 3 is 2.70 bits per heavy atom. The smallest absolute Gasteiger partial charge is 0.157 e. The minimum absolute atomic E-state index is 0.0179. The molecular weight excluding hydrogens is 156 g/mol. The van der Waals surface area contributed by atoms with Gasteiger partial charge in [0.2, 0.25) is 0 Å². The fourth-order valence-electron chi connectivity index (χ4n) is 0.965. The first kappa shape index (κ1) is 8.27. The summed E-state index contributed by atoms with van der Waals surface area (Å²) in [4.78, 5) is 0. The highest BCUT2D eigenvalue weighted by Crippen LogP contribution is 2.21. The van der Waals surface area contributed by atoms with Gasteiger partial charge in [0, 0.05) is 0 Å². The molecule has 1 fully saturated rings. The van der Waals surface area contributed by atoms with Crippen LogP contribution in [0.3, 0.4) is 0 Å². The standard InChI is InChI=1S/C6H11ClO3/c7-6-5(9)2-1-4(3-8)10-6/h4-6,8-9H,1-3H2. The average Bonchev–Trinajstić information content (AvgIpc) is 1.95. The summed E-state index contributed by atoms with van der Waals surface area (Å²) in [5.74, 6) is 0. The van der Waals surface area contributed by atoms with Crippen LogP contribution in [0.5, 0.6) is 0 Å². The largest absolute Gasteiger partial charge is 0.394 e. The molecule has 0 spiro atoms. The molecule has 1 aliphatic heterocycles. The summed E-state index contributed by atoms with van der Waals surface area (Å²) in [7, 11) is 0. The van der Waals surface area contributed by atoms with Crippen LogP contribution in [0.1, 0.15) is 12.8 Å². The van der Waals surface area contributed by atoms with Crippen LogP contribution < -0.4 is 0 Å². The Hall–Kier alpha value is 0.170. The van der Waals surface area contributed by atoms with Crippen LogP contribution >= 0.6 is 11.6 Å². The first-order valence-corrected chi connectivity index (χ1v) is 3.76. The van der Waals surface area contributed by atoms with E-state index in [-0.39, 0.29) is 12.7 Å². The maximum atomic E-state index is 9.05. The van der Waals surface area contributed by atoms with E-state index in [1.165, 1.54) is 0 Å². The Labute approximate surface area is 64.6 Å². The quantitative estimate of drug-likeness (QED) is 0.543. The van der Waals surface area contributed by atoms with Gasteiger partial charge in [-0.3, -0.25) is 0 Å². The third-order valence-corrected chi connectivity index (χ3v) is 2.01. The molecule has 1 aliphatic rings. The van der Waals surface area contributed by atoms with Gasteiger partial charge in [-0.15, -0.1) is 0 Å². The fourth-order valence-corrected chi connectivity index (χ4v) is 1.24. The van der Waals surface area contributed by atoms with Crippen LogP contribution in [0, 0.1) is 0 Å². The lowest BCUT2D eigenvalue weighted by Crippen LogP contribution is -2.36. The lowest BCUT2D eigenvalue weighted by Gasteiger charge is -2.28. The van der Waals surface area contributed by atoms with Crippen molar-refractivity contribution in [1.82, 2.24) is 0 Å². The second-order valence-electron chi connectivity index (χ2n) is 2.44. The predicted molar refractivity (Wildman–Crippen MR) is 36.8 cm³/mol. The van der Waals surface area contributed by atoms with Crippen molar-refractivity contribution >= 4 is 11.6 Å². The molecule has 0 aromatic heterocycles. The van der Waals surface area contributed by atoms with E-state index >= 15 is 0 Å². The number of aliphatic hydroxyl groups is 2. The topological polar surface area (TPSA) is 49.7 Å². The van der Waals surface area contributed by atoms with Gasteiger partial charge >= 0.3 is 0 Å². The molecule has 0 aliphatic carbocycles. The van der Waals surface area contributed by atoms with Crippen molar-refractivity contribution in [2.75, 3.05) is 6.61 Å². The third kappa shape index (κ3) is 1.83. The highest BCUT2D eigenvalue weighted by Gasteiger charge is 2.27. The van der Waals surface area contributed by atoms with Gasteiger partial charge in [-0.25, -0.2) is 0 Å². The Morgan fingerprint density at radius 2 is 2.20 bits per heavy atom. The fraction of sp³-hybridized carbons (Fsp3) is 1.00. The van der Waals surface area contributed by atoms with Gasteiger partial charge in [-0.2, -0.15) is 0 Å². The van der Waals surface area contributed by atoms with Gasteiger partial charge in [0.1, 0.15) is 0 Å². The number of aliphatic hydroxyl groups excluding tert-OH is 2. The Bertz CT molecular complexity index is 109. The molecule has 0 amide bonds. The van der Waals surface area contributed by atoms with Gasteiger partial charge in [0.25, 0.3) is 0 Å². The maximum Gasteiger partial charge on any atom is 0.157 e. The Morgan fingerprint density at radius 1 is 1.50 bits per heavy atom. The summed E-state index contributed by atoms with van der Waals surface area (Å²) in [6, 6.07) is 0. The number of halogens is 1. The first-order valence-electron chi connectivity index (χ1n) is 3.32. The molecule has 0 aromatic rings. The minimum atomic E-state index is -0.647. The average molecular weight is 167 g/mol. The van der Waals surface area contributed by atoms with E-state index in [4.69, 9.17) is 26.6 Å². The van der Waals surface area contributed by atoms with Crippen LogP contribution in [0.25, 0.3) is 0 Å². The molecule has 0 radical (unpaired) electrons. The molecule has 3 atom stereocenters. The predicted octanol–water partition coefficient (Wildman–Crippen LogP) is 0.0835. The van der Waals surface area contributed by atoms with Crippen LogP contribution in [-0.2, 0) is 4.74 Å². The SMILES string of the molecule is OCC1CCC(O)C(Cl)O1. The number of ether oxygens (including phenoxy) is 1. The van der Waals surface area contributed by atoms with Crippen molar-refractivity contribution in [3.63, 3.8) is 0 Å². The van der Waals surface area contributed by atoms with Gasteiger partial charge in [-0.05, 0) is 12.8 Å².